The van der Waals surface area contributed by atoms with Crippen molar-refractivity contribution in [2.75, 3.05) is 61.1 Å². The molecule has 0 amide bonds. The average Bonchev–Trinajstić information content (AvgIpc) is 3.39. The Labute approximate surface area is 269 Å². The molecule has 4 aromatic rings. The Hall–Kier alpha value is -2.85. The summed E-state index contributed by atoms with van der Waals surface area (Å²) in [4.78, 5) is 14.1. The number of benzene rings is 1. The van der Waals surface area contributed by atoms with Crippen LogP contribution in [-0.2, 0) is 19.3 Å². The Morgan fingerprint density at radius 1 is 0.911 bits per heavy atom. The van der Waals surface area contributed by atoms with Gasteiger partial charge in [-0.1, -0.05) is 57.5 Å². The van der Waals surface area contributed by atoms with Crippen LogP contribution in [0.2, 0.25) is 51.4 Å². The fraction of sp³-hybridized carbons (Fsp3) is 0.531. The van der Waals surface area contributed by atoms with Gasteiger partial charge >= 0.3 is 0 Å². The monoisotopic (exact) mass is 668 g/mol. The fourth-order valence-electron chi connectivity index (χ4n) is 5.34. The van der Waals surface area contributed by atoms with Crippen LogP contribution in [0.1, 0.15) is 5.56 Å². The van der Waals surface area contributed by atoms with E-state index in [0.717, 1.165) is 51.3 Å². The van der Waals surface area contributed by atoms with Gasteiger partial charge < -0.3 is 19.3 Å². The molecule has 45 heavy (non-hydrogen) atoms. The van der Waals surface area contributed by atoms with Crippen LogP contribution >= 0.6 is 0 Å². The van der Waals surface area contributed by atoms with Crippen LogP contribution < -0.4 is 9.80 Å². The molecule has 0 bridgehead atoms. The maximum atomic E-state index is 12.3. The van der Waals surface area contributed by atoms with Crippen molar-refractivity contribution in [2.45, 2.75) is 58.3 Å². The number of anilines is 2. The molecular formula is C32H48N6O4SSi2. The molecule has 1 aliphatic heterocycles. The van der Waals surface area contributed by atoms with Crippen molar-refractivity contribution in [3.63, 3.8) is 0 Å². The van der Waals surface area contributed by atoms with E-state index in [-0.39, 0.29) is 11.5 Å². The molecule has 0 unspecified atom stereocenters. The van der Waals surface area contributed by atoms with Crippen LogP contribution in [0.25, 0.3) is 27.7 Å². The predicted molar refractivity (Wildman–Crippen MR) is 190 cm³/mol. The lowest BCUT2D eigenvalue weighted by Gasteiger charge is -2.32. The molecule has 0 aliphatic carbocycles. The largest absolute Gasteiger partial charge is 0.361 e. The zero-order valence-electron chi connectivity index (χ0n) is 27.8. The Bertz CT molecular complexity index is 1710. The molecule has 0 N–H and O–H groups in total. The highest BCUT2D eigenvalue weighted by molar-refractivity contribution is 7.91. The molecule has 244 valence electrons. The number of nitrogens with zero attached hydrogens (tertiary/aromatic N) is 6. The van der Waals surface area contributed by atoms with Gasteiger partial charge in [-0.25, -0.2) is 13.4 Å². The van der Waals surface area contributed by atoms with E-state index < -0.39 is 26.0 Å². The van der Waals surface area contributed by atoms with Gasteiger partial charge in [0.1, 0.15) is 25.1 Å². The number of ether oxygens (including phenoxy) is 2. The number of hydrogen-bond acceptors (Lipinski definition) is 9. The average molecular weight is 669 g/mol. The number of rotatable bonds is 13. The summed E-state index contributed by atoms with van der Waals surface area (Å²) in [6, 6.07) is 12.3. The molecule has 1 fully saturated rings. The smallest absolute Gasteiger partial charge is 0.167 e. The maximum absolute atomic E-state index is 12.3. The van der Waals surface area contributed by atoms with Gasteiger partial charge in [-0.05, 0) is 31.1 Å². The third kappa shape index (κ3) is 8.50. The summed E-state index contributed by atoms with van der Waals surface area (Å²) >= 11 is 0. The highest BCUT2D eigenvalue weighted by Gasteiger charge is 2.28. The number of aromatic nitrogens is 4. The Morgan fingerprint density at radius 3 is 2.16 bits per heavy atom. The molecule has 13 heteroatoms. The summed E-state index contributed by atoms with van der Waals surface area (Å²) < 4.78 is 39.2. The van der Waals surface area contributed by atoms with E-state index in [0.29, 0.717) is 45.4 Å². The number of hydrogen-bond donors (Lipinski definition) is 0. The quantitative estimate of drug-likeness (QED) is 0.0976. The molecule has 5 rings (SSSR count). The first-order valence-corrected chi connectivity index (χ1v) is 25.0. The van der Waals surface area contributed by atoms with Crippen LogP contribution in [0, 0.1) is 6.92 Å². The van der Waals surface area contributed by atoms with Gasteiger partial charge in [0.2, 0.25) is 0 Å². The van der Waals surface area contributed by atoms with E-state index in [9.17, 15) is 8.42 Å². The molecule has 0 spiro atoms. The second-order valence-corrected chi connectivity index (χ2v) is 28.0. The lowest BCUT2D eigenvalue weighted by Crippen LogP contribution is -2.41. The van der Waals surface area contributed by atoms with E-state index in [1.54, 1.807) is 0 Å². The third-order valence-electron chi connectivity index (χ3n) is 8.16. The van der Waals surface area contributed by atoms with E-state index in [1.165, 1.54) is 0 Å². The minimum absolute atomic E-state index is 0.110. The highest BCUT2D eigenvalue weighted by atomic mass is 32.2. The second kappa shape index (κ2) is 13.5. The zero-order valence-corrected chi connectivity index (χ0v) is 30.7. The van der Waals surface area contributed by atoms with Crippen molar-refractivity contribution in [1.29, 1.82) is 0 Å². The first-order valence-electron chi connectivity index (χ1n) is 15.8. The molecule has 3 aromatic heterocycles. The van der Waals surface area contributed by atoms with Gasteiger partial charge in [0, 0.05) is 70.7 Å². The molecule has 0 saturated carbocycles. The van der Waals surface area contributed by atoms with Crippen molar-refractivity contribution in [2.24, 2.45) is 0 Å². The normalized spacial score (nSPS) is 15.7. The molecule has 10 nitrogen and oxygen atoms in total. The molecule has 0 radical (unpaired) electrons. The minimum atomic E-state index is -3.06. The van der Waals surface area contributed by atoms with Crippen LogP contribution in [0.3, 0.4) is 0 Å². The summed E-state index contributed by atoms with van der Waals surface area (Å²) in [6.45, 7) is 19.0. The zero-order chi connectivity index (χ0) is 32.4. The van der Waals surface area contributed by atoms with Crippen LogP contribution in [0.5, 0.6) is 0 Å². The lowest BCUT2D eigenvalue weighted by atomic mass is 10.1. The van der Waals surface area contributed by atoms with Crippen LogP contribution in [-0.4, -0.2) is 95.4 Å². The highest BCUT2D eigenvalue weighted by Crippen LogP contribution is 2.34. The van der Waals surface area contributed by atoms with Gasteiger partial charge in [-0.2, -0.15) is 9.61 Å². The predicted octanol–water partition coefficient (Wildman–Crippen LogP) is 5.92. The summed E-state index contributed by atoms with van der Waals surface area (Å²) in [5.41, 5.74) is 4.30. The summed E-state index contributed by atoms with van der Waals surface area (Å²) in [5, 5.41) is 5.91. The number of pyridine rings is 1. The maximum Gasteiger partial charge on any atom is 0.167 e. The van der Waals surface area contributed by atoms with Crippen molar-refractivity contribution >= 4 is 54.2 Å². The number of fused-ring (bicyclic) bond motifs is 2. The van der Waals surface area contributed by atoms with Crippen molar-refractivity contribution in [3.05, 3.63) is 48.3 Å². The van der Waals surface area contributed by atoms with E-state index in [1.807, 2.05) is 42.0 Å². The summed E-state index contributed by atoms with van der Waals surface area (Å²) in [7, 11) is -5.60. The molecule has 1 aromatic carbocycles. The topological polar surface area (TPSA) is 102 Å². The first kappa shape index (κ1) is 33.5. The summed E-state index contributed by atoms with van der Waals surface area (Å²) in [5.74, 6) is 1.82. The molecule has 1 saturated heterocycles. The van der Waals surface area contributed by atoms with E-state index >= 15 is 0 Å². The second-order valence-electron chi connectivity index (χ2n) is 14.5. The Kier molecular flexibility index (Phi) is 10.0. The van der Waals surface area contributed by atoms with Gasteiger partial charge in [-0.15, -0.1) is 0 Å². The number of para-hydroxylation sites is 1. The standard InChI is InChI=1S/C32H48N6O4SSi2/c1-25-30(36-12-16-43(39,40)17-13-36)35-31-28(27-20-26-10-8-9-11-29(26)33-21-27)22-34-38(31)32(25)37(23-41-14-18-44(2,3)4)24-42-15-19-45(5,6)7/h8-11,20-22H,12-19,23-24H2,1-7H3. The molecule has 1 aliphatic rings. The van der Waals surface area contributed by atoms with E-state index in [2.05, 4.69) is 61.2 Å². The van der Waals surface area contributed by atoms with Gasteiger partial charge in [0.15, 0.2) is 15.5 Å². The van der Waals surface area contributed by atoms with Gasteiger partial charge in [-0.3, -0.25) is 4.98 Å². The minimum Gasteiger partial charge on any atom is -0.361 e. The van der Waals surface area contributed by atoms with Crippen molar-refractivity contribution < 1.29 is 17.9 Å². The first-order chi connectivity index (χ1) is 21.2. The van der Waals surface area contributed by atoms with Crippen molar-refractivity contribution in [3.8, 4) is 11.1 Å². The van der Waals surface area contributed by atoms with Crippen molar-refractivity contribution in [1.82, 2.24) is 19.6 Å². The third-order valence-corrected chi connectivity index (χ3v) is 13.2. The van der Waals surface area contributed by atoms with E-state index in [4.69, 9.17) is 24.5 Å². The Morgan fingerprint density at radius 2 is 1.53 bits per heavy atom. The van der Waals surface area contributed by atoms with Gasteiger partial charge in [0.25, 0.3) is 0 Å². The molecule has 4 heterocycles. The lowest BCUT2D eigenvalue weighted by molar-refractivity contribution is 0.0941. The summed E-state index contributed by atoms with van der Waals surface area (Å²) in [6.07, 6.45) is 3.71. The molecule has 0 atom stereocenters. The Balaban J connectivity index is 1.59. The van der Waals surface area contributed by atoms with Gasteiger partial charge in [0.05, 0.1) is 23.2 Å². The molecular weight excluding hydrogens is 621 g/mol. The number of sulfone groups is 1. The SMILES string of the molecule is Cc1c(N2CCS(=O)(=O)CC2)nc2c(-c3cnc4ccccc4c3)cnn2c1N(COCC[Si](C)(C)C)COCC[Si](C)(C)C. The van der Waals surface area contributed by atoms with Crippen LogP contribution in [0.15, 0.2) is 42.7 Å². The fourth-order valence-corrected chi connectivity index (χ4v) is 8.05. The van der Waals surface area contributed by atoms with Crippen LogP contribution in [0.4, 0.5) is 11.6 Å².